The van der Waals surface area contributed by atoms with Crippen LogP contribution in [0.3, 0.4) is 0 Å². The molecule has 4 heteroatoms. The summed E-state index contributed by atoms with van der Waals surface area (Å²) in [6.07, 6.45) is 1.81. The Bertz CT molecular complexity index is 514. The van der Waals surface area contributed by atoms with E-state index in [1.54, 1.807) is 29.9 Å². The maximum absolute atomic E-state index is 10.8. The van der Waals surface area contributed by atoms with Gasteiger partial charge in [0, 0.05) is 18.6 Å². The van der Waals surface area contributed by atoms with E-state index in [0.717, 1.165) is 16.5 Å². The molecule has 0 bridgehead atoms. The number of benzene rings is 1. The van der Waals surface area contributed by atoms with Gasteiger partial charge in [-0.2, -0.15) is 5.10 Å². The van der Waals surface area contributed by atoms with Crippen LogP contribution >= 0.6 is 0 Å². The maximum Gasteiger partial charge on any atom is 0.335 e. The lowest BCUT2D eigenvalue weighted by atomic mass is 10.1. The highest BCUT2D eigenvalue weighted by Gasteiger charge is 2.09. The van der Waals surface area contributed by atoms with Crippen LogP contribution in [-0.2, 0) is 7.05 Å². The first-order chi connectivity index (χ1) is 6.58. The Balaban J connectivity index is 2.76. The highest BCUT2D eigenvalue weighted by atomic mass is 16.4. The van der Waals surface area contributed by atoms with Crippen molar-refractivity contribution in [3.05, 3.63) is 29.5 Å². The lowest BCUT2D eigenvalue weighted by Gasteiger charge is -1.98. The molecule has 2 aromatic rings. The van der Waals surface area contributed by atoms with E-state index >= 15 is 0 Å². The second-order valence-electron chi connectivity index (χ2n) is 3.33. The summed E-state index contributed by atoms with van der Waals surface area (Å²) in [5.74, 6) is -0.895. The van der Waals surface area contributed by atoms with Gasteiger partial charge in [-0.3, -0.25) is 4.68 Å². The number of aromatic nitrogens is 2. The minimum atomic E-state index is -0.895. The maximum atomic E-state index is 10.8. The van der Waals surface area contributed by atoms with Gasteiger partial charge in [0.25, 0.3) is 0 Å². The lowest BCUT2D eigenvalue weighted by Crippen LogP contribution is -1.98. The van der Waals surface area contributed by atoms with Gasteiger partial charge in [0.15, 0.2) is 0 Å². The van der Waals surface area contributed by atoms with Crippen LogP contribution in [-0.4, -0.2) is 20.9 Å². The monoisotopic (exact) mass is 190 g/mol. The molecule has 1 heterocycles. The van der Waals surface area contributed by atoms with Crippen molar-refractivity contribution in [1.82, 2.24) is 9.78 Å². The predicted molar refractivity (Wildman–Crippen MR) is 52.4 cm³/mol. The SMILES string of the molecule is Cc1cc2nn(C)cc2cc1C(=O)O. The largest absolute Gasteiger partial charge is 0.478 e. The Morgan fingerprint density at radius 2 is 2.21 bits per heavy atom. The Labute approximate surface area is 80.8 Å². The number of rotatable bonds is 1. The summed E-state index contributed by atoms with van der Waals surface area (Å²) in [7, 11) is 1.82. The third-order valence-corrected chi connectivity index (χ3v) is 2.20. The molecule has 0 saturated heterocycles. The Morgan fingerprint density at radius 1 is 1.50 bits per heavy atom. The Hall–Kier alpha value is -1.84. The van der Waals surface area contributed by atoms with Gasteiger partial charge >= 0.3 is 5.97 Å². The molecule has 0 aliphatic rings. The fourth-order valence-corrected chi connectivity index (χ4v) is 1.53. The number of fused-ring (bicyclic) bond motifs is 1. The molecule has 0 unspecified atom stereocenters. The summed E-state index contributed by atoms with van der Waals surface area (Å²) in [4.78, 5) is 10.8. The summed E-state index contributed by atoms with van der Waals surface area (Å²) in [6, 6.07) is 3.44. The fraction of sp³-hybridized carbons (Fsp3) is 0.200. The predicted octanol–water partition coefficient (Wildman–Crippen LogP) is 1.58. The summed E-state index contributed by atoms with van der Waals surface area (Å²) in [5.41, 5.74) is 1.91. The molecule has 0 atom stereocenters. The number of aryl methyl sites for hydroxylation is 2. The third kappa shape index (κ3) is 1.25. The topological polar surface area (TPSA) is 55.1 Å². The second-order valence-corrected chi connectivity index (χ2v) is 3.33. The van der Waals surface area contributed by atoms with Crippen LogP contribution in [0, 0.1) is 6.92 Å². The van der Waals surface area contributed by atoms with Gasteiger partial charge in [-0.1, -0.05) is 0 Å². The van der Waals surface area contributed by atoms with Crippen LogP contribution in [0.25, 0.3) is 10.9 Å². The first-order valence-corrected chi connectivity index (χ1v) is 4.25. The average molecular weight is 190 g/mol. The van der Waals surface area contributed by atoms with Crippen molar-refractivity contribution in [2.75, 3.05) is 0 Å². The van der Waals surface area contributed by atoms with Gasteiger partial charge in [0.1, 0.15) is 0 Å². The van der Waals surface area contributed by atoms with E-state index in [9.17, 15) is 4.79 Å². The van der Waals surface area contributed by atoms with Crippen molar-refractivity contribution >= 4 is 16.9 Å². The van der Waals surface area contributed by atoms with Gasteiger partial charge < -0.3 is 5.11 Å². The molecule has 0 spiro atoms. The smallest absolute Gasteiger partial charge is 0.335 e. The van der Waals surface area contributed by atoms with Crippen LogP contribution in [0.5, 0.6) is 0 Å². The summed E-state index contributed by atoms with van der Waals surface area (Å²) < 4.78 is 1.68. The molecular formula is C10H10N2O2. The van der Waals surface area contributed by atoms with Crippen LogP contribution in [0.4, 0.5) is 0 Å². The van der Waals surface area contributed by atoms with E-state index < -0.39 is 5.97 Å². The molecule has 1 aromatic heterocycles. The highest BCUT2D eigenvalue weighted by Crippen LogP contribution is 2.18. The van der Waals surface area contributed by atoms with Crippen molar-refractivity contribution in [2.45, 2.75) is 6.92 Å². The summed E-state index contributed by atoms with van der Waals surface area (Å²) >= 11 is 0. The molecule has 0 radical (unpaired) electrons. The number of carboxylic acid groups (broad SMARTS) is 1. The number of carboxylic acids is 1. The zero-order valence-corrected chi connectivity index (χ0v) is 7.98. The molecular weight excluding hydrogens is 180 g/mol. The number of aromatic carboxylic acids is 1. The normalized spacial score (nSPS) is 10.7. The zero-order chi connectivity index (χ0) is 10.3. The minimum absolute atomic E-state index is 0.338. The van der Waals surface area contributed by atoms with Crippen LogP contribution < -0.4 is 0 Å². The molecule has 4 nitrogen and oxygen atoms in total. The van der Waals surface area contributed by atoms with E-state index in [-0.39, 0.29) is 0 Å². The fourth-order valence-electron chi connectivity index (χ4n) is 1.53. The zero-order valence-electron chi connectivity index (χ0n) is 7.98. The molecule has 0 aliphatic heterocycles. The first kappa shape index (κ1) is 8.74. The summed E-state index contributed by atoms with van der Waals surface area (Å²) in [6.45, 7) is 1.78. The van der Waals surface area contributed by atoms with Crippen molar-refractivity contribution in [2.24, 2.45) is 7.05 Å². The van der Waals surface area contributed by atoms with Crippen LogP contribution in [0.15, 0.2) is 18.3 Å². The van der Waals surface area contributed by atoms with Crippen molar-refractivity contribution in [3.8, 4) is 0 Å². The average Bonchev–Trinajstić information content (AvgIpc) is 2.42. The third-order valence-electron chi connectivity index (χ3n) is 2.20. The van der Waals surface area contributed by atoms with Crippen molar-refractivity contribution in [1.29, 1.82) is 0 Å². The van der Waals surface area contributed by atoms with Gasteiger partial charge in [-0.25, -0.2) is 4.79 Å². The molecule has 72 valence electrons. The van der Waals surface area contributed by atoms with E-state index in [0.29, 0.717) is 5.56 Å². The van der Waals surface area contributed by atoms with E-state index in [1.165, 1.54) is 0 Å². The second kappa shape index (κ2) is 2.83. The molecule has 0 fully saturated rings. The van der Waals surface area contributed by atoms with Crippen molar-refractivity contribution in [3.63, 3.8) is 0 Å². The van der Waals surface area contributed by atoms with Crippen LogP contribution in [0.2, 0.25) is 0 Å². The van der Waals surface area contributed by atoms with Gasteiger partial charge in [0.2, 0.25) is 0 Å². The van der Waals surface area contributed by atoms with Gasteiger partial charge in [0.05, 0.1) is 11.1 Å². The van der Waals surface area contributed by atoms with Gasteiger partial charge in [-0.15, -0.1) is 0 Å². The quantitative estimate of drug-likeness (QED) is 0.742. The molecule has 0 aliphatic carbocycles. The molecule has 1 N–H and O–H groups in total. The van der Waals surface area contributed by atoms with Crippen molar-refractivity contribution < 1.29 is 9.90 Å². The van der Waals surface area contributed by atoms with E-state index in [2.05, 4.69) is 5.10 Å². The molecule has 0 amide bonds. The number of hydrogen-bond donors (Lipinski definition) is 1. The number of hydrogen-bond acceptors (Lipinski definition) is 2. The molecule has 0 saturated carbocycles. The highest BCUT2D eigenvalue weighted by molar-refractivity contribution is 5.94. The van der Waals surface area contributed by atoms with E-state index in [4.69, 9.17) is 5.11 Å². The van der Waals surface area contributed by atoms with Gasteiger partial charge in [-0.05, 0) is 24.6 Å². The molecule has 1 aromatic carbocycles. The lowest BCUT2D eigenvalue weighted by molar-refractivity contribution is 0.0696. The Kier molecular flexibility index (Phi) is 1.77. The van der Waals surface area contributed by atoms with Crippen LogP contribution in [0.1, 0.15) is 15.9 Å². The Morgan fingerprint density at radius 3 is 2.86 bits per heavy atom. The number of nitrogens with zero attached hydrogens (tertiary/aromatic N) is 2. The molecule has 2 rings (SSSR count). The minimum Gasteiger partial charge on any atom is -0.478 e. The summed E-state index contributed by atoms with van der Waals surface area (Å²) in [5, 5.41) is 14.0. The molecule has 14 heavy (non-hydrogen) atoms. The van der Waals surface area contributed by atoms with E-state index in [1.807, 2.05) is 7.05 Å². The number of carbonyl (C=O) groups is 1. The first-order valence-electron chi connectivity index (χ1n) is 4.25. The standard InChI is InChI=1S/C10H10N2O2/c1-6-3-9-7(5-12(2)11-9)4-8(6)10(13)14/h3-5H,1-2H3,(H,13,14).